The zero-order valence-corrected chi connectivity index (χ0v) is 25.1. The van der Waals surface area contributed by atoms with Crippen LogP contribution >= 0.6 is 0 Å². The van der Waals surface area contributed by atoms with Crippen molar-refractivity contribution in [1.29, 1.82) is 0 Å². The van der Waals surface area contributed by atoms with Crippen molar-refractivity contribution in [3.05, 3.63) is 140 Å². The van der Waals surface area contributed by atoms with E-state index in [9.17, 15) is 0 Å². The van der Waals surface area contributed by atoms with Gasteiger partial charge in [-0.05, 0) is 47.3 Å². The summed E-state index contributed by atoms with van der Waals surface area (Å²) in [4.78, 5) is 0. The topological polar surface area (TPSA) is 27.8 Å². The van der Waals surface area contributed by atoms with Crippen LogP contribution in [0.4, 0.5) is 0 Å². The molecule has 4 nitrogen and oxygen atoms in total. The lowest BCUT2D eigenvalue weighted by atomic mass is 9.35. The van der Waals surface area contributed by atoms with Gasteiger partial charge in [0, 0.05) is 49.9 Å². The van der Waals surface area contributed by atoms with Crippen LogP contribution in [0.2, 0.25) is 0 Å². The largest absolute Gasteiger partial charge is 0.458 e. The Kier molecular flexibility index (Phi) is 4.27. The van der Waals surface area contributed by atoms with E-state index in [1.165, 1.54) is 59.8 Å². The summed E-state index contributed by atoms with van der Waals surface area (Å²) in [7, 11) is 0. The van der Waals surface area contributed by atoms with Gasteiger partial charge in [-0.3, -0.25) is 0 Å². The van der Waals surface area contributed by atoms with Crippen molar-refractivity contribution in [2.24, 2.45) is 0 Å². The molecule has 47 heavy (non-hydrogen) atoms. The summed E-state index contributed by atoms with van der Waals surface area (Å²) in [6.07, 6.45) is 0. The van der Waals surface area contributed by atoms with Crippen LogP contribution in [0.5, 0.6) is 23.0 Å². The van der Waals surface area contributed by atoms with E-state index in [0.717, 1.165) is 45.2 Å². The number of hydrogen-bond donors (Lipinski definition) is 0. The third-order valence-corrected chi connectivity index (χ3v) is 10.6. The highest BCUT2D eigenvalue weighted by atomic mass is 16.5. The lowest BCUT2D eigenvalue weighted by Crippen LogP contribution is -2.57. The van der Waals surface area contributed by atoms with E-state index >= 15 is 0 Å². The third-order valence-electron chi connectivity index (χ3n) is 10.6. The van der Waals surface area contributed by atoms with Crippen LogP contribution in [0, 0.1) is 0 Å². The third kappa shape index (κ3) is 2.87. The summed E-state index contributed by atoms with van der Waals surface area (Å²) in [5.41, 5.74) is 10.5. The standard InChI is InChI=1S/C42H23BN2O2/c1-5-16-31-25(10-1)26-12-9-13-28-40-34(45(31)42(26)28)21-20-33-39(40)27-11-2-6-17-32(27)44(33)24-22-37-41-38(23-24)47-36-19-8-4-15-30(36)43(41)29-14-3-7-18-35(29)46-37/h1-23H. The first-order valence-electron chi connectivity index (χ1n) is 16.1. The van der Waals surface area contributed by atoms with E-state index in [0.29, 0.717) is 0 Å². The lowest BCUT2D eigenvalue weighted by molar-refractivity contribution is 0.464. The minimum Gasteiger partial charge on any atom is -0.458 e. The predicted molar refractivity (Wildman–Crippen MR) is 193 cm³/mol. The highest BCUT2D eigenvalue weighted by molar-refractivity contribution is 6.98. The normalized spacial score (nSPS) is 13.4. The quantitative estimate of drug-likeness (QED) is 0.177. The highest BCUT2D eigenvalue weighted by Crippen LogP contribution is 2.45. The van der Waals surface area contributed by atoms with E-state index in [2.05, 4.69) is 136 Å². The molecule has 0 spiro atoms. The van der Waals surface area contributed by atoms with Crippen molar-refractivity contribution in [3.8, 4) is 28.7 Å². The van der Waals surface area contributed by atoms with Crippen LogP contribution in [-0.4, -0.2) is 15.7 Å². The Morgan fingerprint density at radius 2 is 1.00 bits per heavy atom. The summed E-state index contributed by atoms with van der Waals surface area (Å²) in [6.45, 7) is 0.0514. The second-order valence-electron chi connectivity index (χ2n) is 12.8. The average Bonchev–Trinajstić information content (AvgIpc) is 3.76. The molecule has 0 amide bonds. The monoisotopic (exact) mass is 598 g/mol. The second kappa shape index (κ2) is 8.33. The van der Waals surface area contributed by atoms with Gasteiger partial charge in [-0.2, -0.15) is 0 Å². The number of fused-ring (bicyclic) bond motifs is 14. The molecular weight excluding hydrogens is 575 g/mol. The van der Waals surface area contributed by atoms with Crippen molar-refractivity contribution in [2.75, 3.05) is 0 Å². The fourth-order valence-corrected chi connectivity index (χ4v) is 8.77. The number of benzene rings is 7. The van der Waals surface area contributed by atoms with E-state index in [1.54, 1.807) is 0 Å². The van der Waals surface area contributed by atoms with Gasteiger partial charge >= 0.3 is 0 Å². The summed E-state index contributed by atoms with van der Waals surface area (Å²) in [5.74, 6) is 3.48. The zero-order chi connectivity index (χ0) is 30.4. The molecule has 3 aromatic heterocycles. The van der Waals surface area contributed by atoms with Crippen molar-refractivity contribution in [1.82, 2.24) is 8.97 Å². The number of ether oxygens (including phenoxy) is 2. The van der Waals surface area contributed by atoms with E-state index in [-0.39, 0.29) is 6.71 Å². The molecule has 7 aromatic carbocycles. The van der Waals surface area contributed by atoms with Gasteiger partial charge in [0.15, 0.2) is 0 Å². The molecule has 5 heteroatoms. The predicted octanol–water partition coefficient (Wildman–Crippen LogP) is 8.66. The molecule has 0 radical (unpaired) electrons. The molecule has 0 unspecified atom stereocenters. The van der Waals surface area contributed by atoms with Crippen LogP contribution in [0.3, 0.4) is 0 Å². The Morgan fingerprint density at radius 3 is 1.77 bits per heavy atom. The maximum absolute atomic E-state index is 6.69. The minimum atomic E-state index is 0.0514. The second-order valence-corrected chi connectivity index (χ2v) is 12.8. The van der Waals surface area contributed by atoms with Gasteiger partial charge < -0.3 is 18.4 Å². The van der Waals surface area contributed by atoms with Gasteiger partial charge in [0.1, 0.15) is 23.0 Å². The number of rotatable bonds is 1. The smallest absolute Gasteiger partial charge is 0.260 e. The lowest BCUT2D eigenvalue weighted by Gasteiger charge is -2.33. The maximum Gasteiger partial charge on any atom is 0.260 e. The summed E-state index contributed by atoms with van der Waals surface area (Å²) in [6, 6.07) is 50.1. The first-order chi connectivity index (χ1) is 23.3. The maximum atomic E-state index is 6.69. The van der Waals surface area contributed by atoms with E-state index < -0.39 is 0 Å². The molecule has 0 fully saturated rings. The Hall–Kier alpha value is -6.20. The highest BCUT2D eigenvalue weighted by Gasteiger charge is 2.40. The Morgan fingerprint density at radius 1 is 0.426 bits per heavy atom. The molecule has 0 aliphatic carbocycles. The van der Waals surface area contributed by atoms with Gasteiger partial charge in [-0.1, -0.05) is 91.0 Å². The minimum absolute atomic E-state index is 0.0514. The van der Waals surface area contributed by atoms with E-state index in [4.69, 9.17) is 9.47 Å². The first kappa shape index (κ1) is 24.1. The Labute approximate surface area is 269 Å². The molecule has 0 N–H and O–H groups in total. The van der Waals surface area contributed by atoms with Crippen LogP contribution in [0.1, 0.15) is 0 Å². The number of hydrogen-bond acceptors (Lipinski definition) is 2. The van der Waals surface area contributed by atoms with Crippen LogP contribution < -0.4 is 25.9 Å². The first-order valence-corrected chi connectivity index (χ1v) is 16.1. The van der Waals surface area contributed by atoms with Crippen LogP contribution in [0.15, 0.2) is 140 Å². The fourth-order valence-electron chi connectivity index (χ4n) is 8.77. The van der Waals surface area contributed by atoms with Gasteiger partial charge in [0.05, 0.1) is 33.3 Å². The molecule has 0 bridgehead atoms. The zero-order valence-electron chi connectivity index (χ0n) is 25.1. The number of aromatic nitrogens is 2. The van der Waals surface area contributed by atoms with Crippen molar-refractivity contribution in [3.63, 3.8) is 0 Å². The summed E-state index contributed by atoms with van der Waals surface area (Å²) < 4.78 is 18.2. The van der Waals surface area contributed by atoms with Crippen molar-refractivity contribution < 1.29 is 9.47 Å². The van der Waals surface area contributed by atoms with Gasteiger partial charge in [-0.15, -0.1) is 0 Å². The molecular formula is C42H23BN2O2. The van der Waals surface area contributed by atoms with Gasteiger partial charge in [-0.25, -0.2) is 0 Å². The summed E-state index contributed by atoms with van der Waals surface area (Å²) >= 11 is 0. The molecule has 0 saturated carbocycles. The van der Waals surface area contributed by atoms with Crippen LogP contribution in [-0.2, 0) is 0 Å². The van der Waals surface area contributed by atoms with Gasteiger partial charge in [0.2, 0.25) is 0 Å². The van der Waals surface area contributed by atoms with E-state index in [1.807, 2.05) is 12.1 Å². The van der Waals surface area contributed by atoms with Gasteiger partial charge in [0.25, 0.3) is 6.71 Å². The van der Waals surface area contributed by atoms with Crippen molar-refractivity contribution in [2.45, 2.75) is 0 Å². The van der Waals surface area contributed by atoms with Crippen LogP contribution in [0.25, 0.3) is 65.6 Å². The molecule has 216 valence electrons. The number of para-hydroxylation sites is 5. The van der Waals surface area contributed by atoms with Crippen molar-refractivity contribution >= 4 is 83.0 Å². The average molecular weight is 598 g/mol. The SMILES string of the molecule is c1ccc2c(c1)Oc1cc(-n3c4ccccc4c4c5c6cccc7c8ccccc8n(c5ccc43)c76)cc3c1B2c1ccccc1O3. The fraction of sp³-hybridized carbons (Fsp3) is 0. The molecule has 5 heterocycles. The molecule has 0 atom stereocenters. The Bertz CT molecular complexity index is 2920. The molecule has 0 saturated heterocycles. The molecule has 2 aliphatic heterocycles. The molecule has 2 aliphatic rings. The molecule has 12 rings (SSSR count). The molecule has 10 aromatic rings. The summed E-state index contributed by atoms with van der Waals surface area (Å²) in [5, 5.41) is 7.66. The number of nitrogens with zero attached hydrogens (tertiary/aromatic N) is 2. The Balaban J connectivity index is 1.19.